The summed E-state index contributed by atoms with van der Waals surface area (Å²) in [5.41, 5.74) is 14.1. The van der Waals surface area contributed by atoms with E-state index in [1.807, 2.05) is 11.8 Å². The molecular formula is C53H39NS. The fraction of sp³-hybridized carbons (Fsp3) is 0.0943. The van der Waals surface area contributed by atoms with E-state index < -0.39 is 0 Å². The second-order valence-corrected chi connectivity index (χ2v) is 16.5. The Labute approximate surface area is 326 Å². The minimum Gasteiger partial charge on any atom is -0.309 e. The summed E-state index contributed by atoms with van der Waals surface area (Å²) in [6.45, 7) is 4.58. The topological polar surface area (TPSA) is 4.93 Å². The monoisotopic (exact) mass is 721 g/mol. The maximum Gasteiger partial charge on any atom is 0.0541 e. The van der Waals surface area contributed by atoms with Crippen molar-refractivity contribution in [3.8, 4) is 39.1 Å². The third-order valence-electron chi connectivity index (χ3n) is 11.9. The Bertz CT molecular complexity index is 2980. The van der Waals surface area contributed by atoms with E-state index in [-0.39, 0.29) is 0 Å². The minimum atomic E-state index is 0.446. The Morgan fingerprint density at radius 2 is 1.07 bits per heavy atom. The number of benzene rings is 8. The predicted molar refractivity (Wildman–Crippen MR) is 237 cm³/mol. The van der Waals surface area contributed by atoms with Crippen LogP contribution >= 0.6 is 11.8 Å². The van der Waals surface area contributed by atoms with Crippen molar-refractivity contribution in [2.45, 2.75) is 35.8 Å². The van der Waals surface area contributed by atoms with Crippen LogP contribution in [0, 0.1) is 0 Å². The predicted octanol–water partition coefficient (Wildman–Crippen LogP) is 14.9. The summed E-state index contributed by atoms with van der Waals surface area (Å²) < 4.78 is 2.46. The molecule has 0 radical (unpaired) electrons. The lowest BCUT2D eigenvalue weighted by atomic mass is 9.86. The largest absolute Gasteiger partial charge is 0.309 e. The molecule has 9 aromatic rings. The van der Waals surface area contributed by atoms with Gasteiger partial charge in [0.1, 0.15) is 0 Å². The van der Waals surface area contributed by atoms with E-state index in [2.05, 4.69) is 200 Å². The van der Waals surface area contributed by atoms with E-state index in [1.165, 1.54) is 98.4 Å². The third kappa shape index (κ3) is 5.09. The fourth-order valence-electron chi connectivity index (χ4n) is 9.27. The lowest BCUT2D eigenvalue weighted by Crippen LogP contribution is -2.06. The van der Waals surface area contributed by atoms with E-state index >= 15 is 0 Å². The molecule has 1 aliphatic carbocycles. The van der Waals surface area contributed by atoms with Crippen molar-refractivity contribution in [2.75, 3.05) is 0 Å². The quantitative estimate of drug-likeness (QED) is 0.160. The molecule has 1 nitrogen and oxygen atoms in total. The summed E-state index contributed by atoms with van der Waals surface area (Å²) in [6, 6.07) is 59.0. The number of hydrogen-bond donors (Lipinski definition) is 0. The zero-order valence-corrected chi connectivity index (χ0v) is 31.7. The summed E-state index contributed by atoms with van der Waals surface area (Å²) in [6.07, 6.45) is 9.13. The van der Waals surface area contributed by atoms with Gasteiger partial charge in [-0.3, -0.25) is 0 Å². The summed E-state index contributed by atoms with van der Waals surface area (Å²) in [7, 11) is 0. The van der Waals surface area contributed by atoms with Crippen molar-refractivity contribution in [1.82, 2.24) is 4.57 Å². The molecule has 2 aliphatic rings. The van der Waals surface area contributed by atoms with E-state index in [4.69, 9.17) is 0 Å². The van der Waals surface area contributed by atoms with Crippen molar-refractivity contribution in [1.29, 1.82) is 0 Å². The van der Waals surface area contributed by atoms with Crippen molar-refractivity contribution in [3.05, 3.63) is 193 Å². The van der Waals surface area contributed by atoms with Crippen LogP contribution in [0.3, 0.4) is 0 Å². The first-order valence-electron chi connectivity index (χ1n) is 19.4. The van der Waals surface area contributed by atoms with Gasteiger partial charge in [0.2, 0.25) is 0 Å². The zero-order chi connectivity index (χ0) is 36.6. The van der Waals surface area contributed by atoms with Crippen LogP contribution < -0.4 is 0 Å². The van der Waals surface area contributed by atoms with Crippen LogP contribution in [0.15, 0.2) is 187 Å². The van der Waals surface area contributed by atoms with Crippen LogP contribution in [0.1, 0.15) is 36.8 Å². The zero-order valence-electron chi connectivity index (χ0n) is 30.9. The molecule has 55 heavy (non-hydrogen) atoms. The second kappa shape index (κ2) is 12.8. The maximum atomic E-state index is 2.46. The Balaban J connectivity index is 1.08. The average molecular weight is 722 g/mol. The second-order valence-electron chi connectivity index (χ2n) is 15.4. The molecule has 0 N–H and O–H groups in total. The van der Waals surface area contributed by atoms with Gasteiger partial charge in [-0.1, -0.05) is 159 Å². The van der Waals surface area contributed by atoms with E-state index in [0.717, 1.165) is 0 Å². The molecular weight excluding hydrogens is 683 g/mol. The SMILES string of the molecule is CC(C)c1ccc2c(c1)c1cc(-c3cccc4c3SC3C=CC=CC43)ccc1n2-c1ccc(-c2c3ccccc3c(-c3ccccc3)c3ccccc23)cc1. The van der Waals surface area contributed by atoms with Gasteiger partial charge in [0, 0.05) is 32.5 Å². The number of hydrogen-bond acceptors (Lipinski definition) is 1. The van der Waals surface area contributed by atoms with Gasteiger partial charge in [0.05, 0.1) is 11.0 Å². The first-order chi connectivity index (χ1) is 27.1. The molecule has 262 valence electrons. The van der Waals surface area contributed by atoms with Gasteiger partial charge in [-0.25, -0.2) is 0 Å². The van der Waals surface area contributed by atoms with Gasteiger partial charge in [-0.15, -0.1) is 11.8 Å². The van der Waals surface area contributed by atoms with Crippen LogP contribution in [-0.2, 0) is 0 Å². The van der Waals surface area contributed by atoms with Crippen LogP contribution in [0.5, 0.6) is 0 Å². The molecule has 8 aromatic carbocycles. The van der Waals surface area contributed by atoms with Crippen molar-refractivity contribution < 1.29 is 0 Å². The summed E-state index contributed by atoms with van der Waals surface area (Å²) in [5, 5.41) is 8.18. The minimum absolute atomic E-state index is 0.446. The molecule has 1 aliphatic heterocycles. The number of thioether (sulfide) groups is 1. The molecule has 2 heterocycles. The first-order valence-corrected chi connectivity index (χ1v) is 20.3. The van der Waals surface area contributed by atoms with Crippen molar-refractivity contribution in [3.63, 3.8) is 0 Å². The highest BCUT2D eigenvalue weighted by Crippen LogP contribution is 2.52. The Morgan fingerprint density at radius 1 is 0.491 bits per heavy atom. The highest BCUT2D eigenvalue weighted by atomic mass is 32.2. The molecule has 0 saturated heterocycles. The number of nitrogens with zero attached hydrogens (tertiary/aromatic N) is 1. The van der Waals surface area contributed by atoms with Crippen LogP contribution in [0.2, 0.25) is 0 Å². The number of allylic oxidation sites excluding steroid dienone is 3. The molecule has 0 fully saturated rings. The van der Waals surface area contributed by atoms with Gasteiger partial charge in [0.25, 0.3) is 0 Å². The standard InChI is InChI=1S/C53H39NS/c1-33(2)36-25-29-48-46(31-36)47-32-37(39-20-12-21-45-40-15-10-11-22-50(40)55-53(39)45)26-30-49(47)54(48)38-27-23-35(24-28-38)52-43-18-8-6-16-41(43)51(34-13-4-3-5-14-34)42-17-7-9-19-44(42)52/h3-33,40,50H,1-2H3. The average Bonchev–Trinajstić information content (AvgIpc) is 3.78. The fourth-order valence-corrected chi connectivity index (χ4v) is 10.7. The molecule has 0 saturated carbocycles. The van der Waals surface area contributed by atoms with E-state index in [9.17, 15) is 0 Å². The molecule has 11 rings (SSSR count). The number of aromatic nitrogens is 1. The first kappa shape index (κ1) is 32.3. The Hall–Kier alpha value is -6.09. The van der Waals surface area contributed by atoms with E-state index in [1.54, 1.807) is 0 Å². The Kier molecular flexibility index (Phi) is 7.50. The molecule has 0 bridgehead atoms. The van der Waals surface area contributed by atoms with Crippen molar-refractivity contribution in [2.24, 2.45) is 0 Å². The number of rotatable bonds is 5. The van der Waals surface area contributed by atoms with Crippen LogP contribution in [0.4, 0.5) is 0 Å². The van der Waals surface area contributed by atoms with Crippen LogP contribution in [0.25, 0.3) is 82.4 Å². The molecule has 0 amide bonds. The van der Waals surface area contributed by atoms with Crippen LogP contribution in [-0.4, -0.2) is 9.82 Å². The molecule has 2 atom stereocenters. The van der Waals surface area contributed by atoms with Gasteiger partial charge in [0.15, 0.2) is 0 Å². The summed E-state index contributed by atoms with van der Waals surface area (Å²) in [4.78, 5) is 1.42. The molecule has 0 spiro atoms. The van der Waals surface area contributed by atoms with Gasteiger partial charge in [-0.05, 0) is 108 Å². The lowest BCUT2D eigenvalue weighted by Gasteiger charge is -2.18. The summed E-state index contributed by atoms with van der Waals surface area (Å²) in [5.74, 6) is 0.895. The van der Waals surface area contributed by atoms with Crippen molar-refractivity contribution >= 4 is 55.1 Å². The molecule has 1 aromatic heterocycles. The molecule has 2 unspecified atom stereocenters. The number of fused-ring (bicyclic) bond motifs is 8. The lowest BCUT2D eigenvalue weighted by molar-refractivity contribution is 0.868. The van der Waals surface area contributed by atoms with Gasteiger partial charge in [-0.2, -0.15) is 0 Å². The van der Waals surface area contributed by atoms with Gasteiger partial charge >= 0.3 is 0 Å². The third-order valence-corrected chi connectivity index (χ3v) is 13.3. The smallest absolute Gasteiger partial charge is 0.0541 e. The van der Waals surface area contributed by atoms with E-state index in [0.29, 0.717) is 17.1 Å². The normalized spacial score (nSPS) is 16.1. The highest BCUT2D eigenvalue weighted by Gasteiger charge is 2.32. The Morgan fingerprint density at radius 3 is 1.75 bits per heavy atom. The molecule has 2 heteroatoms. The highest BCUT2D eigenvalue weighted by molar-refractivity contribution is 8.00. The summed E-state index contributed by atoms with van der Waals surface area (Å²) >= 11 is 2.02. The van der Waals surface area contributed by atoms with Gasteiger partial charge < -0.3 is 4.57 Å². The maximum absolute atomic E-state index is 2.46.